The zero-order valence-corrected chi connectivity index (χ0v) is 22.7. The van der Waals surface area contributed by atoms with Crippen molar-refractivity contribution in [3.8, 4) is 0 Å². The summed E-state index contributed by atoms with van der Waals surface area (Å²) in [5.41, 5.74) is 2.53. The number of hydrogen-bond donors (Lipinski definition) is 1. The Balaban J connectivity index is 1.45. The van der Waals surface area contributed by atoms with Crippen LogP contribution >= 0.6 is 0 Å². The Morgan fingerprint density at radius 2 is 1.72 bits per heavy atom. The maximum atomic E-state index is 9.17. The summed E-state index contributed by atoms with van der Waals surface area (Å²) >= 11 is 0. The van der Waals surface area contributed by atoms with Gasteiger partial charge in [-0.05, 0) is 29.9 Å². The van der Waals surface area contributed by atoms with Gasteiger partial charge in [-0.2, -0.15) is 5.06 Å². The van der Waals surface area contributed by atoms with Crippen LogP contribution in [-0.2, 0) is 17.9 Å². The van der Waals surface area contributed by atoms with E-state index in [2.05, 4.69) is 115 Å². The van der Waals surface area contributed by atoms with Crippen LogP contribution in [-0.4, -0.2) is 70.7 Å². The van der Waals surface area contributed by atoms with Gasteiger partial charge in [0, 0.05) is 56.8 Å². The molecule has 0 amide bonds. The van der Waals surface area contributed by atoms with E-state index in [0.717, 1.165) is 45.7 Å². The van der Waals surface area contributed by atoms with Crippen LogP contribution in [0.5, 0.6) is 0 Å². The lowest BCUT2D eigenvalue weighted by molar-refractivity contribution is -0.196. The van der Waals surface area contributed by atoms with E-state index in [9.17, 15) is 5.21 Å². The second kappa shape index (κ2) is 11.4. The summed E-state index contributed by atoms with van der Waals surface area (Å²) in [6.07, 6.45) is 2.81. The highest BCUT2D eigenvalue weighted by atomic mass is 16.7. The third-order valence-electron chi connectivity index (χ3n) is 7.55. The molecule has 0 aliphatic carbocycles. The van der Waals surface area contributed by atoms with Crippen LogP contribution in [0.4, 0.5) is 0 Å². The van der Waals surface area contributed by atoms with Crippen molar-refractivity contribution in [1.29, 1.82) is 0 Å². The van der Waals surface area contributed by atoms with E-state index < -0.39 is 0 Å². The number of hydroxylamine groups is 2. The molecule has 36 heavy (non-hydrogen) atoms. The lowest BCUT2D eigenvalue weighted by atomic mass is 9.81. The molecule has 4 rings (SSSR count). The fourth-order valence-corrected chi connectivity index (χ4v) is 6.07. The summed E-state index contributed by atoms with van der Waals surface area (Å²) in [5, 5.41) is 14.8. The van der Waals surface area contributed by atoms with Crippen LogP contribution in [0.25, 0.3) is 0 Å². The summed E-state index contributed by atoms with van der Waals surface area (Å²) < 4.78 is 0. The van der Waals surface area contributed by atoms with Crippen molar-refractivity contribution < 1.29 is 10.0 Å². The summed E-state index contributed by atoms with van der Waals surface area (Å²) in [7, 11) is 0. The van der Waals surface area contributed by atoms with Gasteiger partial charge in [0.25, 0.3) is 0 Å². The summed E-state index contributed by atoms with van der Waals surface area (Å²) in [6, 6.07) is 22.1. The predicted molar refractivity (Wildman–Crippen MR) is 146 cm³/mol. The number of nitrogens with zero attached hydrogens (tertiary/aromatic N) is 4. The predicted octanol–water partition coefficient (Wildman–Crippen LogP) is 5.28. The van der Waals surface area contributed by atoms with Crippen LogP contribution in [0.2, 0.25) is 0 Å². The molecule has 6 nitrogen and oxygen atoms in total. The monoisotopic (exact) mass is 492 g/mol. The molecular weight excluding hydrogens is 448 g/mol. The minimum absolute atomic E-state index is 0.112. The van der Waals surface area contributed by atoms with Crippen LogP contribution < -0.4 is 0 Å². The maximum absolute atomic E-state index is 9.17. The first-order chi connectivity index (χ1) is 17.1. The average Bonchev–Trinajstić information content (AvgIpc) is 3.21. The van der Waals surface area contributed by atoms with Crippen molar-refractivity contribution in [2.45, 2.75) is 72.3 Å². The van der Waals surface area contributed by atoms with Crippen LogP contribution in [0.15, 0.2) is 65.8 Å². The van der Waals surface area contributed by atoms with Crippen LogP contribution in [0.1, 0.15) is 52.2 Å². The summed E-state index contributed by atoms with van der Waals surface area (Å²) in [4.78, 5) is 11.8. The smallest absolute Gasteiger partial charge is 0.0936 e. The molecule has 0 bridgehead atoms. The van der Waals surface area contributed by atoms with Gasteiger partial charge in [-0.3, -0.25) is 14.6 Å². The molecule has 2 heterocycles. The Bertz CT molecular complexity index is 979. The summed E-state index contributed by atoms with van der Waals surface area (Å²) in [6.45, 7) is 16.8. The van der Waals surface area contributed by atoms with Crippen LogP contribution in [0.3, 0.4) is 0 Å². The van der Waals surface area contributed by atoms with Gasteiger partial charge in [-0.25, -0.2) is 0 Å². The Kier molecular flexibility index (Phi) is 8.51. The number of fused-ring (bicyclic) bond motifs is 1. The second-order valence-electron chi connectivity index (χ2n) is 12.2. The van der Waals surface area contributed by atoms with Crippen LogP contribution in [0, 0.1) is 10.8 Å². The topological polar surface area (TPSA) is 51.5 Å². The van der Waals surface area contributed by atoms with E-state index in [-0.39, 0.29) is 16.9 Å². The molecule has 3 atom stereocenters. The fraction of sp³-hybridized carbons (Fsp3) is 0.567. The van der Waals surface area contributed by atoms with E-state index >= 15 is 0 Å². The Morgan fingerprint density at radius 1 is 1.08 bits per heavy atom. The summed E-state index contributed by atoms with van der Waals surface area (Å²) in [5.74, 6) is 0. The Labute approximate surface area is 217 Å². The molecule has 0 spiro atoms. The molecule has 2 fully saturated rings. The molecule has 2 aliphatic heterocycles. The Morgan fingerprint density at radius 3 is 2.36 bits per heavy atom. The molecule has 2 aromatic rings. The molecule has 2 aromatic carbocycles. The van der Waals surface area contributed by atoms with Gasteiger partial charge in [0.15, 0.2) is 0 Å². The van der Waals surface area contributed by atoms with E-state index in [1.54, 1.807) is 6.21 Å². The van der Waals surface area contributed by atoms with Crippen molar-refractivity contribution >= 4 is 6.21 Å². The third kappa shape index (κ3) is 6.94. The highest BCUT2D eigenvalue weighted by Gasteiger charge is 2.48. The zero-order valence-electron chi connectivity index (χ0n) is 22.7. The first-order valence-electron chi connectivity index (χ1n) is 13.3. The molecule has 0 radical (unpaired) electrons. The van der Waals surface area contributed by atoms with E-state index in [1.165, 1.54) is 11.1 Å². The van der Waals surface area contributed by atoms with Crippen molar-refractivity contribution in [3.05, 3.63) is 71.8 Å². The van der Waals surface area contributed by atoms with Gasteiger partial charge in [-0.1, -0.05) is 88.4 Å². The van der Waals surface area contributed by atoms with Gasteiger partial charge >= 0.3 is 0 Å². The number of rotatable bonds is 9. The second-order valence-corrected chi connectivity index (χ2v) is 12.2. The molecule has 2 saturated heterocycles. The fourth-order valence-electron chi connectivity index (χ4n) is 6.07. The molecule has 1 N–H and O–H groups in total. The molecular formula is C30H44N4O2. The van der Waals surface area contributed by atoms with Crippen molar-refractivity contribution in [2.24, 2.45) is 16.0 Å². The third-order valence-corrected chi connectivity index (χ3v) is 7.55. The molecule has 3 unspecified atom stereocenters. The lowest BCUT2D eigenvalue weighted by Crippen LogP contribution is -2.44. The minimum atomic E-state index is -0.239. The largest absolute Gasteiger partial charge is 0.411 e. The zero-order chi connectivity index (χ0) is 25.8. The molecule has 196 valence electrons. The average molecular weight is 493 g/mol. The number of hydrogen-bond acceptors (Lipinski definition) is 6. The highest BCUT2D eigenvalue weighted by molar-refractivity contribution is 5.64. The first kappa shape index (κ1) is 26.8. The van der Waals surface area contributed by atoms with Gasteiger partial charge in [0.1, 0.15) is 0 Å². The number of oxime groups is 1. The normalized spacial score (nSPS) is 25.3. The molecule has 6 heteroatoms. The van der Waals surface area contributed by atoms with Gasteiger partial charge < -0.3 is 5.21 Å². The van der Waals surface area contributed by atoms with Crippen molar-refractivity contribution in [2.75, 3.05) is 26.2 Å². The first-order valence-corrected chi connectivity index (χ1v) is 13.3. The van der Waals surface area contributed by atoms with Crippen molar-refractivity contribution in [1.82, 2.24) is 14.9 Å². The molecule has 2 aliphatic rings. The molecule has 0 saturated carbocycles. The van der Waals surface area contributed by atoms with Crippen molar-refractivity contribution in [3.63, 3.8) is 0 Å². The molecule has 0 aromatic heterocycles. The Hall–Kier alpha value is -2.25. The lowest BCUT2D eigenvalue weighted by Gasteiger charge is -2.35. The highest BCUT2D eigenvalue weighted by Crippen LogP contribution is 2.40. The van der Waals surface area contributed by atoms with Gasteiger partial charge in [0.2, 0.25) is 0 Å². The standard InChI is InChI=1S/C30H44N4O2/c1-24-17-32(18-25-12-8-6-9-13-25)23-30(4,5)28-16-27(36-34(24)28)20-33(22-29(2,3)21-31-35)19-26-14-10-7-11-15-26/h6-15,21,24,27-28,35H,16-20,22-23H2,1-5H3. The minimum Gasteiger partial charge on any atom is -0.411 e. The SMILES string of the molecule is CC1CN(Cc2ccccc2)CC(C)(C)C2CC(CN(Cc3ccccc3)CC(C)(C)C=NO)ON12. The number of benzene rings is 2. The van der Waals surface area contributed by atoms with Gasteiger partial charge in [0.05, 0.1) is 12.3 Å². The van der Waals surface area contributed by atoms with E-state index in [0.29, 0.717) is 12.1 Å². The van der Waals surface area contributed by atoms with Gasteiger partial charge in [-0.15, -0.1) is 5.16 Å². The maximum Gasteiger partial charge on any atom is 0.0936 e. The quantitative estimate of drug-likeness (QED) is 0.293. The van der Waals surface area contributed by atoms with E-state index in [1.807, 2.05) is 0 Å². The van der Waals surface area contributed by atoms with E-state index in [4.69, 9.17) is 4.84 Å².